The van der Waals surface area contributed by atoms with Crippen molar-refractivity contribution in [2.45, 2.75) is 64.5 Å². The van der Waals surface area contributed by atoms with Crippen molar-refractivity contribution < 1.29 is 27.5 Å². The highest BCUT2D eigenvalue weighted by atomic mass is 19.4. The van der Waals surface area contributed by atoms with Crippen molar-refractivity contribution in [2.24, 2.45) is 0 Å². The largest absolute Gasteiger partial charge is 0.417 e. The van der Waals surface area contributed by atoms with Crippen LogP contribution in [-0.2, 0) is 24.1 Å². The van der Waals surface area contributed by atoms with Crippen molar-refractivity contribution in [3.63, 3.8) is 0 Å². The van der Waals surface area contributed by atoms with Crippen LogP contribution in [0.1, 0.15) is 76.8 Å². The third-order valence-electron chi connectivity index (χ3n) is 6.39. The Morgan fingerprint density at radius 3 is 2.73 bits per heavy atom. The number of amides is 2. The average Bonchev–Trinajstić information content (AvgIpc) is 3.40. The molecule has 4 heterocycles. The number of pyridine rings is 1. The Morgan fingerprint density at radius 1 is 1.27 bits per heavy atom. The van der Waals surface area contributed by atoms with Gasteiger partial charge in [0, 0.05) is 31.5 Å². The summed E-state index contributed by atoms with van der Waals surface area (Å²) in [6, 6.07) is 2.07. The van der Waals surface area contributed by atoms with E-state index in [1.165, 1.54) is 6.20 Å². The first-order chi connectivity index (χ1) is 15.7. The Hall–Kier alpha value is -2.88. The van der Waals surface area contributed by atoms with Crippen molar-refractivity contribution in [3.05, 3.63) is 52.6 Å². The van der Waals surface area contributed by atoms with Crippen LogP contribution in [0.25, 0.3) is 0 Å². The summed E-state index contributed by atoms with van der Waals surface area (Å²) in [4.78, 5) is 32.0. The highest BCUT2D eigenvalue weighted by Gasteiger charge is 2.34. The highest BCUT2D eigenvalue weighted by Crippen LogP contribution is 2.31. The molecule has 0 unspecified atom stereocenters. The van der Waals surface area contributed by atoms with Crippen molar-refractivity contribution in [1.29, 1.82) is 0 Å². The summed E-state index contributed by atoms with van der Waals surface area (Å²) in [6.07, 6.45) is -0.175. The second-order valence-electron chi connectivity index (χ2n) is 8.52. The number of carbonyl (C=O) groups is 2. The summed E-state index contributed by atoms with van der Waals surface area (Å²) < 4.78 is 46.7. The Bertz CT molecular complexity index is 1050. The summed E-state index contributed by atoms with van der Waals surface area (Å²) in [5, 5.41) is 2.82. The molecular weight excluding hydrogens is 437 g/mol. The van der Waals surface area contributed by atoms with E-state index < -0.39 is 23.7 Å². The molecule has 2 aromatic rings. The van der Waals surface area contributed by atoms with Crippen molar-refractivity contribution in [1.82, 2.24) is 19.8 Å². The monoisotopic (exact) mass is 464 g/mol. The van der Waals surface area contributed by atoms with Crippen LogP contribution in [0.3, 0.4) is 0 Å². The van der Waals surface area contributed by atoms with Gasteiger partial charge in [-0.15, -0.1) is 0 Å². The van der Waals surface area contributed by atoms with E-state index in [0.29, 0.717) is 43.1 Å². The van der Waals surface area contributed by atoms with Gasteiger partial charge < -0.3 is 19.5 Å². The molecule has 2 aliphatic rings. The maximum Gasteiger partial charge on any atom is 0.417 e. The number of hydrogen-bond donors (Lipinski definition) is 1. The Kier molecular flexibility index (Phi) is 6.47. The van der Waals surface area contributed by atoms with E-state index in [0.717, 1.165) is 25.1 Å². The number of ether oxygens (including phenoxy) is 1. The first-order valence-corrected chi connectivity index (χ1v) is 11.1. The van der Waals surface area contributed by atoms with Gasteiger partial charge in [0.15, 0.2) is 0 Å². The number of carbonyl (C=O) groups excluding carboxylic acids is 2. The van der Waals surface area contributed by atoms with Crippen molar-refractivity contribution in [3.8, 4) is 0 Å². The predicted octanol–water partition coefficient (Wildman–Crippen LogP) is 3.94. The molecule has 1 fully saturated rings. The Balaban J connectivity index is 1.61. The van der Waals surface area contributed by atoms with Crippen LogP contribution in [0.15, 0.2) is 24.5 Å². The maximum atomic E-state index is 13.2. The number of halogens is 3. The van der Waals surface area contributed by atoms with Gasteiger partial charge in [0.2, 0.25) is 0 Å². The maximum absolute atomic E-state index is 13.2. The van der Waals surface area contributed by atoms with E-state index in [-0.39, 0.29) is 24.1 Å². The lowest BCUT2D eigenvalue weighted by molar-refractivity contribution is -0.137. The van der Waals surface area contributed by atoms with Crippen LogP contribution in [0.5, 0.6) is 0 Å². The van der Waals surface area contributed by atoms with E-state index in [2.05, 4.69) is 10.3 Å². The number of alkyl halides is 3. The molecule has 2 aliphatic heterocycles. The molecule has 2 aromatic heterocycles. The molecule has 0 saturated carbocycles. The first kappa shape index (κ1) is 23.3. The minimum atomic E-state index is -4.52. The molecule has 33 heavy (non-hydrogen) atoms. The van der Waals surface area contributed by atoms with Crippen LogP contribution in [0.4, 0.5) is 13.2 Å². The quantitative estimate of drug-likeness (QED) is 0.727. The van der Waals surface area contributed by atoms with Gasteiger partial charge in [0.25, 0.3) is 11.8 Å². The summed E-state index contributed by atoms with van der Waals surface area (Å²) in [5.74, 6) is -0.571. The first-order valence-electron chi connectivity index (χ1n) is 11.1. The number of rotatable bonds is 5. The molecule has 178 valence electrons. The molecule has 1 N–H and O–H groups in total. The predicted molar refractivity (Wildman–Crippen MR) is 114 cm³/mol. The number of hydrogen-bond acceptors (Lipinski definition) is 4. The minimum absolute atomic E-state index is 0.115. The number of fused-ring (bicyclic) bond motifs is 1. The zero-order chi connectivity index (χ0) is 23.8. The van der Waals surface area contributed by atoms with Crippen molar-refractivity contribution in [2.75, 3.05) is 13.2 Å². The van der Waals surface area contributed by atoms with Crippen LogP contribution in [0.2, 0.25) is 0 Å². The van der Waals surface area contributed by atoms with Crippen LogP contribution < -0.4 is 5.32 Å². The fraction of sp³-hybridized carbons (Fsp3) is 0.522. The summed E-state index contributed by atoms with van der Waals surface area (Å²) in [5.41, 5.74) is 0.761. The van der Waals surface area contributed by atoms with Crippen molar-refractivity contribution >= 4 is 11.8 Å². The molecule has 4 rings (SSSR count). The number of aromatic nitrogens is 2. The highest BCUT2D eigenvalue weighted by molar-refractivity contribution is 6.01. The number of likely N-dealkylation sites (tertiary alicyclic amines) is 1. The van der Waals surface area contributed by atoms with Gasteiger partial charge in [-0.05, 0) is 43.9 Å². The Labute approximate surface area is 189 Å². The van der Waals surface area contributed by atoms with Gasteiger partial charge in [-0.1, -0.05) is 6.92 Å². The average molecular weight is 464 g/mol. The van der Waals surface area contributed by atoms with Gasteiger partial charge in [-0.2, -0.15) is 13.2 Å². The van der Waals surface area contributed by atoms with E-state index in [1.54, 1.807) is 13.0 Å². The third-order valence-corrected chi connectivity index (χ3v) is 6.39. The second kappa shape index (κ2) is 9.17. The summed E-state index contributed by atoms with van der Waals surface area (Å²) in [6.45, 7) is 5.54. The van der Waals surface area contributed by atoms with Gasteiger partial charge in [0.1, 0.15) is 5.69 Å². The van der Waals surface area contributed by atoms with Gasteiger partial charge in [-0.25, -0.2) is 0 Å². The third kappa shape index (κ3) is 4.62. The topological polar surface area (TPSA) is 76.5 Å². The van der Waals surface area contributed by atoms with Gasteiger partial charge >= 0.3 is 6.18 Å². The lowest BCUT2D eigenvalue weighted by Gasteiger charge is -2.24. The standard InChI is InChI=1S/C23H27F3N4O3/c1-3-18(15-9-16(12-27-11-15)23(24,25)26)28-21(31)17-10-19(30-7-8-33-13-20(17)30)22(32)29-6-4-5-14(29)2/h9-12,14,18H,3-8,13H2,1-2H3,(H,28,31)/t14-,18+/m0/s1. The number of nitrogens with zero attached hydrogens (tertiary/aromatic N) is 3. The molecule has 10 heteroatoms. The molecule has 0 aliphatic carbocycles. The van der Waals surface area contributed by atoms with Crippen LogP contribution in [0, 0.1) is 0 Å². The fourth-order valence-electron chi connectivity index (χ4n) is 4.54. The smallest absolute Gasteiger partial charge is 0.373 e. The molecule has 2 atom stereocenters. The lowest BCUT2D eigenvalue weighted by Crippen LogP contribution is -2.35. The zero-order valence-electron chi connectivity index (χ0n) is 18.6. The van der Waals surface area contributed by atoms with E-state index in [1.807, 2.05) is 16.4 Å². The molecular formula is C23H27F3N4O3. The minimum Gasteiger partial charge on any atom is -0.373 e. The fourth-order valence-corrected chi connectivity index (χ4v) is 4.54. The van der Waals surface area contributed by atoms with Crippen LogP contribution in [-0.4, -0.2) is 45.5 Å². The molecule has 0 radical (unpaired) electrons. The number of nitrogens with one attached hydrogen (secondary N) is 1. The molecule has 0 aromatic carbocycles. The van der Waals surface area contributed by atoms with Gasteiger partial charge in [-0.3, -0.25) is 14.6 Å². The van der Waals surface area contributed by atoms with Crippen LogP contribution >= 0.6 is 0 Å². The molecule has 7 nitrogen and oxygen atoms in total. The van der Waals surface area contributed by atoms with E-state index in [9.17, 15) is 22.8 Å². The van der Waals surface area contributed by atoms with E-state index in [4.69, 9.17) is 4.74 Å². The summed E-state index contributed by atoms with van der Waals surface area (Å²) in [7, 11) is 0. The molecule has 0 bridgehead atoms. The normalized spacial score (nSPS) is 19.3. The summed E-state index contributed by atoms with van der Waals surface area (Å²) >= 11 is 0. The second-order valence-corrected chi connectivity index (χ2v) is 8.52. The van der Waals surface area contributed by atoms with E-state index >= 15 is 0 Å². The van der Waals surface area contributed by atoms with Gasteiger partial charge in [0.05, 0.1) is 36.1 Å². The zero-order valence-corrected chi connectivity index (χ0v) is 18.6. The Morgan fingerprint density at radius 2 is 2.06 bits per heavy atom. The SMILES string of the molecule is CC[C@@H](NC(=O)c1cc(C(=O)N2CCC[C@@H]2C)n2c1COCC2)c1cncc(C(F)(F)F)c1. The molecule has 2 amide bonds. The molecule has 1 saturated heterocycles. The lowest BCUT2D eigenvalue weighted by atomic mass is 10.0. The molecule has 0 spiro atoms.